The van der Waals surface area contributed by atoms with Crippen LogP contribution in [0.1, 0.15) is 6.42 Å². The molecule has 0 bridgehead atoms. The number of hydrogen-bond acceptors (Lipinski definition) is 6. The normalized spacial score (nSPS) is 10.7. The lowest BCUT2D eigenvalue weighted by molar-refractivity contribution is 0.405. The number of anilines is 3. The van der Waals surface area contributed by atoms with Gasteiger partial charge >= 0.3 is 0 Å². The molecule has 2 N–H and O–H groups in total. The third-order valence-electron chi connectivity index (χ3n) is 4.22. The lowest BCUT2D eigenvalue weighted by atomic mass is 10.1. The SMILES string of the molecule is COc1ccc(Nc2cc(-c3ccccc3)nc(NCCCN(C)C)n2)cc1. The molecule has 0 amide bonds. The van der Waals surface area contributed by atoms with Crippen molar-refractivity contribution in [1.29, 1.82) is 0 Å². The van der Waals surface area contributed by atoms with Crippen molar-refractivity contribution in [1.82, 2.24) is 14.9 Å². The molecule has 146 valence electrons. The highest BCUT2D eigenvalue weighted by Gasteiger charge is 2.07. The Hall–Kier alpha value is -3.12. The summed E-state index contributed by atoms with van der Waals surface area (Å²) in [7, 11) is 5.81. The molecule has 28 heavy (non-hydrogen) atoms. The molecule has 3 aromatic rings. The van der Waals surface area contributed by atoms with Crippen LogP contribution in [-0.2, 0) is 0 Å². The molecule has 1 aromatic heterocycles. The molecule has 0 unspecified atom stereocenters. The van der Waals surface area contributed by atoms with Gasteiger partial charge in [0, 0.05) is 23.9 Å². The number of nitrogens with zero attached hydrogens (tertiary/aromatic N) is 3. The van der Waals surface area contributed by atoms with Crippen LogP contribution < -0.4 is 15.4 Å². The monoisotopic (exact) mass is 377 g/mol. The van der Waals surface area contributed by atoms with Gasteiger partial charge in [-0.15, -0.1) is 0 Å². The van der Waals surface area contributed by atoms with E-state index in [1.54, 1.807) is 7.11 Å². The lowest BCUT2D eigenvalue weighted by Crippen LogP contribution is -2.17. The summed E-state index contributed by atoms with van der Waals surface area (Å²) >= 11 is 0. The Bertz CT molecular complexity index is 866. The van der Waals surface area contributed by atoms with Gasteiger partial charge in [-0.25, -0.2) is 4.98 Å². The minimum absolute atomic E-state index is 0.621. The molecule has 0 aliphatic rings. The van der Waals surface area contributed by atoms with Crippen molar-refractivity contribution in [2.75, 3.05) is 44.9 Å². The fourth-order valence-electron chi connectivity index (χ4n) is 2.76. The van der Waals surface area contributed by atoms with Gasteiger partial charge in [-0.1, -0.05) is 30.3 Å². The van der Waals surface area contributed by atoms with Gasteiger partial charge in [0.25, 0.3) is 0 Å². The first kappa shape index (κ1) is 19.6. The number of aromatic nitrogens is 2. The molecular weight excluding hydrogens is 350 g/mol. The topological polar surface area (TPSA) is 62.3 Å². The average Bonchev–Trinajstić information content (AvgIpc) is 2.72. The molecule has 0 atom stereocenters. The highest BCUT2D eigenvalue weighted by Crippen LogP contribution is 2.24. The van der Waals surface area contributed by atoms with Crippen molar-refractivity contribution in [3.8, 4) is 17.0 Å². The molecule has 6 heteroatoms. The summed E-state index contributed by atoms with van der Waals surface area (Å²) in [5.41, 5.74) is 2.87. The minimum atomic E-state index is 0.621. The van der Waals surface area contributed by atoms with Gasteiger partial charge in [-0.2, -0.15) is 4.98 Å². The van der Waals surface area contributed by atoms with Crippen molar-refractivity contribution in [3.05, 3.63) is 60.7 Å². The van der Waals surface area contributed by atoms with Crippen LogP contribution in [0.5, 0.6) is 5.75 Å². The zero-order valence-corrected chi connectivity index (χ0v) is 16.6. The molecule has 3 rings (SSSR count). The lowest BCUT2D eigenvalue weighted by Gasteiger charge is -2.13. The first-order valence-electron chi connectivity index (χ1n) is 9.38. The van der Waals surface area contributed by atoms with Crippen LogP contribution in [0.3, 0.4) is 0 Å². The van der Waals surface area contributed by atoms with E-state index in [1.807, 2.05) is 48.5 Å². The fraction of sp³-hybridized carbons (Fsp3) is 0.273. The van der Waals surface area contributed by atoms with E-state index in [0.29, 0.717) is 5.95 Å². The predicted octanol–water partition coefficient (Wildman–Crippen LogP) is 4.26. The first-order valence-corrected chi connectivity index (χ1v) is 9.38. The zero-order chi connectivity index (χ0) is 19.8. The predicted molar refractivity (Wildman–Crippen MR) is 115 cm³/mol. The summed E-state index contributed by atoms with van der Waals surface area (Å²) in [5, 5.41) is 6.71. The summed E-state index contributed by atoms with van der Waals surface area (Å²) in [6.45, 7) is 1.83. The Kier molecular flexibility index (Phi) is 6.81. The average molecular weight is 377 g/mol. The van der Waals surface area contributed by atoms with Crippen molar-refractivity contribution < 1.29 is 4.74 Å². The van der Waals surface area contributed by atoms with Gasteiger partial charge in [-0.3, -0.25) is 0 Å². The molecule has 0 fully saturated rings. The third-order valence-corrected chi connectivity index (χ3v) is 4.22. The highest BCUT2D eigenvalue weighted by molar-refractivity contribution is 5.67. The number of hydrogen-bond donors (Lipinski definition) is 2. The van der Waals surface area contributed by atoms with E-state index in [4.69, 9.17) is 9.72 Å². The van der Waals surface area contributed by atoms with E-state index in [2.05, 4.69) is 46.7 Å². The van der Waals surface area contributed by atoms with Crippen LogP contribution in [0, 0.1) is 0 Å². The van der Waals surface area contributed by atoms with Crippen LogP contribution in [0.15, 0.2) is 60.7 Å². The van der Waals surface area contributed by atoms with E-state index in [0.717, 1.165) is 48.0 Å². The molecule has 0 saturated carbocycles. The van der Waals surface area contributed by atoms with E-state index < -0.39 is 0 Å². The molecule has 0 aliphatic carbocycles. The Morgan fingerprint density at radius 3 is 2.39 bits per heavy atom. The van der Waals surface area contributed by atoms with Crippen molar-refractivity contribution in [2.24, 2.45) is 0 Å². The molecule has 0 saturated heterocycles. The Labute approximate surface area is 166 Å². The van der Waals surface area contributed by atoms with E-state index in [9.17, 15) is 0 Å². The molecule has 2 aromatic carbocycles. The van der Waals surface area contributed by atoms with Crippen molar-refractivity contribution in [2.45, 2.75) is 6.42 Å². The summed E-state index contributed by atoms with van der Waals surface area (Å²) in [5.74, 6) is 2.19. The van der Waals surface area contributed by atoms with Gasteiger partial charge in [0.2, 0.25) is 5.95 Å². The Balaban J connectivity index is 1.81. The van der Waals surface area contributed by atoms with Crippen LogP contribution in [0.25, 0.3) is 11.3 Å². The Morgan fingerprint density at radius 2 is 1.71 bits per heavy atom. The molecular formula is C22H27N5O. The quantitative estimate of drug-likeness (QED) is 0.543. The number of nitrogens with one attached hydrogen (secondary N) is 2. The maximum Gasteiger partial charge on any atom is 0.225 e. The van der Waals surface area contributed by atoms with Crippen LogP contribution >= 0.6 is 0 Å². The molecule has 6 nitrogen and oxygen atoms in total. The smallest absolute Gasteiger partial charge is 0.225 e. The molecule has 0 spiro atoms. The molecule has 1 heterocycles. The van der Waals surface area contributed by atoms with Crippen LogP contribution in [-0.4, -0.2) is 49.2 Å². The van der Waals surface area contributed by atoms with Crippen LogP contribution in [0.2, 0.25) is 0 Å². The van der Waals surface area contributed by atoms with E-state index in [1.165, 1.54) is 0 Å². The zero-order valence-electron chi connectivity index (χ0n) is 16.6. The van der Waals surface area contributed by atoms with Crippen molar-refractivity contribution in [3.63, 3.8) is 0 Å². The van der Waals surface area contributed by atoms with Crippen molar-refractivity contribution >= 4 is 17.5 Å². The first-order chi connectivity index (χ1) is 13.6. The third kappa shape index (κ3) is 5.69. The second-order valence-electron chi connectivity index (χ2n) is 6.77. The number of methoxy groups -OCH3 is 1. The van der Waals surface area contributed by atoms with Gasteiger partial charge in [0.1, 0.15) is 11.6 Å². The second kappa shape index (κ2) is 9.71. The van der Waals surface area contributed by atoms with Gasteiger partial charge in [0.05, 0.1) is 12.8 Å². The summed E-state index contributed by atoms with van der Waals surface area (Å²) in [6.07, 6.45) is 1.02. The standard InChI is InChI=1S/C22H27N5O/c1-27(2)15-7-14-23-22-25-20(17-8-5-4-6-9-17)16-21(26-22)24-18-10-12-19(28-3)13-11-18/h4-6,8-13,16H,7,14-15H2,1-3H3,(H2,23,24,25,26). The van der Waals surface area contributed by atoms with Gasteiger partial charge in [0.15, 0.2) is 0 Å². The fourth-order valence-corrected chi connectivity index (χ4v) is 2.76. The van der Waals surface area contributed by atoms with Gasteiger partial charge < -0.3 is 20.3 Å². The second-order valence-corrected chi connectivity index (χ2v) is 6.77. The van der Waals surface area contributed by atoms with Gasteiger partial charge in [-0.05, 0) is 51.3 Å². The van der Waals surface area contributed by atoms with Crippen LogP contribution in [0.4, 0.5) is 17.5 Å². The highest BCUT2D eigenvalue weighted by atomic mass is 16.5. The largest absolute Gasteiger partial charge is 0.497 e. The summed E-state index contributed by atoms with van der Waals surface area (Å²) < 4.78 is 5.22. The molecule has 0 radical (unpaired) electrons. The van der Waals surface area contributed by atoms with E-state index in [-0.39, 0.29) is 0 Å². The number of ether oxygens (including phenoxy) is 1. The minimum Gasteiger partial charge on any atom is -0.497 e. The number of benzene rings is 2. The maximum atomic E-state index is 5.22. The summed E-state index contributed by atoms with van der Waals surface area (Å²) in [6, 6.07) is 19.9. The number of rotatable bonds is 9. The van der Waals surface area contributed by atoms with E-state index >= 15 is 0 Å². The molecule has 0 aliphatic heterocycles. The summed E-state index contributed by atoms with van der Waals surface area (Å²) in [4.78, 5) is 11.5. The maximum absolute atomic E-state index is 5.22. The Morgan fingerprint density at radius 1 is 0.964 bits per heavy atom.